The molecule has 3 rings (SSSR count). The predicted molar refractivity (Wildman–Crippen MR) is 103 cm³/mol. The monoisotopic (exact) mass is 376 g/mol. The van der Waals surface area contributed by atoms with E-state index in [-0.39, 0.29) is 11.5 Å². The third kappa shape index (κ3) is 4.13. The van der Waals surface area contributed by atoms with Crippen molar-refractivity contribution in [2.24, 2.45) is 14.1 Å². The lowest BCUT2D eigenvalue weighted by Crippen LogP contribution is -2.37. The second-order valence-electron chi connectivity index (χ2n) is 7.13. The Kier molecular flexibility index (Phi) is 5.79. The summed E-state index contributed by atoms with van der Waals surface area (Å²) < 4.78 is 4.15. The third-order valence-corrected chi connectivity index (χ3v) is 5.21. The van der Waals surface area contributed by atoms with Crippen molar-refractivity contribution in [3.63, 3.8) is 0 Å². The van der Waals surface area contributed by atoms with Gasteiger partial charge in [0.2, 0.25) is 5.91 Å². The number of aromatic nitrogens is 4. The molecule has 27 heavy (non-hydrogen) atoms. The average Bonchev–Trinajstić information content (AvgIpc) is 3.41. The van der Waals surface area contributed by atoms with Crippen molar-refractivity contribution in [2.75, 3.05) is 19.6 Å². The van der Waals surface area contributed by atoms with E-state index in [9.17, 15) is 14.4 Å². The fourth-order valence-electron chi connectivity index (χ4n) is 3.44. The highest BCUT2D eigenvalue weighted by atomic mass is 16.2. The second kappa shape index (κ2) is 8.08. The molecule has 9 nitrogen and oxygen atoms in total. The normalized spacial score (nSPS) is 14.2. The predicted octanol–water partition coefficient (Wildman–Crippen LogP) is -0.186. The minimum Gasteiger partial charge on any atom is -0.355 e. The zero-order chi connectivity index (χ0) is 19.6. The summed E-state index contributed by atoms with van der Waals surface area (Å²) in [5, 5.41) is 2.97. The van der Waals surface area contributed by atoms with Crippen LogP contribution in [0.15, 0.2) is 15.9 Å². The lowest BCUT2D eigenvalue weighted by Gasteiger charge is -2.19. The summed E-state index contributed by atoms with van der Waals surface area (Å²) in [6.45, 7) is 5.23. The first kappa shape index (κ1) is 19.3. The summed E-state index contributed by atoms with van der Waals surface area (Å²) in [7, 11) is 3.05. The fraction of sp³-hybridized carbons (Fsp3) is 0.667. The molecule has 1 N–H and O–H groups in total. The van der Waals surface area contributed by atoms with Crippen molar-refractivity contribution in [3.8, 4) is 0 Å². The molecule has 0 aliphatic heterocycles. The molecule has 148 valence electrons. The molecule has 0 atom stereocenters. The summed E-state index contributed by atoms with van der Waals surface area (Å²) in [5.74, 6) is 0.0200. The van der Waals surface area contributed by atoms with Crippen LogP contribution in [0.4, 0.5) is 0 Å². The lowest BCUT2D eigenvalue weighted by molar-refractivity contribution is -0.121. The van der Waals surface area contributed by atoms with Crippen LogP contribution in [0.1, 0.15) is 32.6 Å². The molecule has 0 bridgehead atoms. The number of carbonyl (C=O) groups is 1. The molecular weight excluding hydrogens is 348 g/mol. The van der Waals surface area contributed by atoms with E-state index < -0.39 is 5.69 Å². The van der Waals surface area contributed by atoms with Gasteiger partial charge in [-0.2, -0.15) is 0 Å². The highest BCUT2D eigenvalue weighted by Gasteiger charge is 2.27. The van der Waals surface area contributed by atoms with Crippen molar-refractivity contribution < 1.29 is 4.79 Å². The standard InChI is InChI=1S/C18H28N6O3/c1-4-23(13-7-8-13)11-9-19-14(25)6-5-10-24-12-20-16-15(24)17(26)22(3)18(27)21(16)2/h12-13H,4-11H2,1-3H3,(H,19,25). The van der Waals surface area contributed by atoms with E-state index in [2.05, 4.69) is 22.1 Å². The zero-order valence-electron chi connectivity index (χ0n) is 16.3. The van der Waals surface area contributed by atoms with Gasteiger partial charge in [-0.15, -0.1) is 0 Å². The van der Waals surface area contributed by atoms with Crippen LogP contribution in [0.2, 0.25) is 0 Å². The molecule has 2 aromatic rings. The van der Waals surface area contributed by atoms with E-state index in [0.29, 0.717) is 43.1 Å². The van der Waals surface area contributed by atoms with E-state index >= 15 is 0 Å². The largest absolute Gasteiger partial charge is 0.355 e. The van der Waals surface area contributed by atoms with Crippen molar-refractivity contribution in [1.29, 1.82) is 0 Å². The molecular formula is C18H28N6O3. The van der Waals surface area contributed by atoms with Gasteiger partial charge in [0.15, 0.2) is 11.2 Å². The van der Waals surface area contributed by atoms with Crippen LogP contribution < -0.4 is 16.6 Å². The van der Waals surface area contributed by atoms with Gasteiger partial charge in [-0.25, -0.2) is 9.78 Å². The Bertz CT molecular complexity index is 937. The maximum Gasteiger partial charge on any atom is 0.332 e. The Morgan fingerprint density at radius 3 is 2.70 bits per heavy atom. The number of carbonyl (C=O) groups excluding carboxylic acids is 1. The molecule has 1 fully saturated rings. The van der Waals surface area contributed by atoms with Gasteiger partial charge in [-0.05, 0) is 25.8 Å². The third-order valence-electron chi connectivity index (χ3n) is 5.21. The SMILES string of the molecule is CCN(CCNC(=O)CCCn1cnc2c1c(=O)n(C)c(=O)n2C)C1CC1. The summed E-state index contributed by atoms with van der Waals surface area (Å²) in [6.07, 6.45) is 5.08. The van der Waals surface area contributed by atoms with Crippen LogP contribution in [0, 0.1) is 0 Å². The first-order valence-electron chi connectivity index (χ1n) is 9.55. The number of nitrogens with one attached hydrogen (secondary N) is 1. The number of fused-ring (bicyclic) bond motifs is 1. The Morgan fingerprint density at radius 1 is 1.30 bits per heavy atom. The summed E-state index contributed by atoms with van der Waals surface area (Å²) >= 11 is 0. The molecule has 2 heterocycles. The summed E-state index contributed by atoms with van der Waals surface area (Å²) in [6, 6.07) is 0.708. The number of amides is 1. The van der Waals surface area contributed by atoms with Gasteiger partial charge in [0.25, 0.3) is 5.56 Å². The number of rotatable bonds is 9. The van der Waals surface area contributed by atoms with Gasteiger partial charge >= 0.3 is 5.69 Å². The molecule has 0 saturated heterocycles. The molecule has 1 saturated carbocycles. The van der Waals surface area contributed by atoms with Crippen molar-refractivity contribution >= 4 is 17.1 Å². The lowest BCUT2D eigenvalue weighted by atomic mass is 10.3. The quantitative estimate of drug-likeness (QED) is 0.655. The Hall–Kier alpha value is -2.42. The number of imidazole rings is 1. The Labute approximate surface area is 157 Å². The first-order chi connectivity index (χ1) is 12.9. The van der Waals surface area contributed by atoms with Gasteiger partial charge in [-0.3, -0.25) is 23.6 Å². The van der Waals surface area contributed by atoms with E-state index in [1.807, 2.05) is 0 Å². The molecule has 0 radical (unpaired) electrons. The van der Waals surface area contributed by atoms with Gasteiger partial charge < -0.3 is 9.88 Å². The zero-order valence-corrected chi connectivity index (χ0v) is 16.3. The molecule has 1 amide bonds. The van der Waals surface area contributed by atoms with E-state index in [1.54, 1.807) is 17.9 Å². The van der Waals surface area contributed by atoms with Crippen molar-refractivity contribution in [1.82, 2.24) is 28.9 Å². The van der Waals surface area contributed by atoms with E-state index in [0.717, 1.165) is 17.7 Å². The number of nitrogens with zero attached hydrogens (tertiary/aromatic N) is 5. The molecule has 1 aliphatic carbocycles. The van der Waals surface area contributed by atoms with Crippen LogP contribution in [-0.2, 0) is 25.4 Å². The number of aryl methyl sites for hydroxylation is 2. The molecule has 0 unspecified atom stereocenters. The molecule has 0 spiro atoms. The number of hydrogen-bond acceptors (Lipinski definition) is 5. The van der Waals surface area contributed by atoms with Gasteiger partial charge in [0.1, 0.15) is 0 Å². The Morgan fingerprint density at radius 2 is 2.04 bits per heavy atom. The average molecular weight is 376 g/mol. The van der Waals surface area contributed by atoms with Crippen LogP contribution in [-0.4, -0.2) is 55.2 Å². The molecule has 1 aliphatic rings. The van der Waals surface area contributed by atoms with E-state index in [1.165, 1.54) is 24.5 Å². The molecule has 9 heteroatoms. The van der Waals surface area contributed by atoms with Gasteiger partial charge in [0.05, 0.1) is 6.33 Å². The fourth-order valence-corrected chi connectivity index (χ4v) is 3.44. The highest BCUT2D eigenvalue weighted by molar-refractivity contribution is 5.75. The number of likely N-dealkylation sites (N-methyl/N-ethyl adjacent to an activating group) is 1. The van der Waals surface area contributed by atoms with Gasteiger partial charge in [0, 0.05) is 46.2 Å². The van der Waals surface area contributed by atoms with Crippen molar-refractivity contribution in [3.05, 3.63) is 27.2 Å². The number of hydrogen-bond donors (Lipinski definition) is 1. The highest BCUT2D eigenvalue weighted by Crippen LogP contribution is 2.25. The van der Waals surface area contributed by atoms with Crippen molar-refractivity contribution in [2.45, 2.75) is 45.2 Å². The maximum absolute atomic E-state index is 12.4. The van der Waals surface area contributed by atoms with Crippen LogP contribution >= 0.6 is 0 Å². The summed E-state index contributed by atoms with van der Waals surface area (Å²) in [5.41, 5.74) is -0.00505. The summed E-state index contributed by atoms with van der Waals surface area (Å²) in [4.78, 5) is 43.0. The minimum atomic E-state index is -0.399. The second-order valence-corrected chi connectivity index (χ2v) is 7.13. The topological polar surface area (TPSA) is 94.2 Å². The minimum absolute atomic E-state index is 0.0200. The van der Waals surface area contributed by atoms with Gasteiger partial charge in [-0.1, -0.05) is 6.92 Å². The smallest absolute Gasteiger partial charge is 0.332 e. The first-order valence-corrected chi connectivity index (χ1v) is 9.55. The van der Waals surface area contributed by atoms with E-state index in [4.69, 9.17) is 0 Å². The van der Waals surface area contributed by atoms with Crippen LogP contribution in [0.5, 0.6) is 0 Å². The van der Waals surface area contributed by atoms with Crippen LogP contribution in [0.3, 0.4) is 0 Å². The molecule has 2 aromatic heterocycles. The maximum atomic E-state index is 12.4. The van der Waals surface area contributed by atoms with Crippen LogP contribution in [0.25, 0.3) is 11.2 Å². The Balaban J connectivity index is 1.52. The molecule has 0 aromatic carbocycles.